The third kappa shape index (κ3) is 3.98. The second-order valence-electron chi connectivity index (χ2n) is 8.35. The molecule has 0 spiro atoms. The molecular formula is C26H24ClN3O3. The number of carbonyl (C=O) groups is 3. The highest BCUT2D eigenvalue weighted by Gasteiger charge is 2.37. The highest BCUT2D eigenvalue weighted by Crippen LogP contribution is 2.30. The third-order valence-electron chi connectivity index (χ3n) is 5.82. The molecule has 1 saturated heterocycles. The van der Waals surface area contributed by atoms with E-state index in [0.29, 0.717) is 16.3 Å². The van der Waals surface area contributed by atoms with Gasteiger partial charge in [0.25, 0.3) is 11.8 Å². The smallest absolute Gasteiger partial charge is 0.318 e. The van der Waals surface area contributed by atoms with E-state index in [4.69, 9.17) is 11.6 Å². The average Bonchev–Trinajstić information content (AvgIpc) is 3.00. The predicted molar refractivity (Wildman–Crippen MR) is 130 cm³/mol. The Balaban J connectivity index is 1.80. The number of aryl methyl sites for hydroxylation is 3. The predicted octanol–water partition coefficient (Wildman–Crippen LogP) is 5.34. The van der Waals surface area contributed by atoms with Gasteiger partial charge in [-0.15, -0.1) is 0 Å². The SMILES string of the molecule is Cc1cc(C)cc(-n2c(C)cc(/C=C3\C(=O)NC(=O)N(c4cccc(Cl)c4C)C3=O)c2C)c1. The summed E-state index contributed by atoms with van der Waals surface area (Å²) in [4.78, 5) is 39.4. The Morgan fingerprint density at radius 3 is 2.24 bits per heavy atom. The van der Waals surface area contributed by atoms with Crippen molar-refractivity contribution >= 4 is 41.2 Å². The lowest BCUT2D eigenvalue weighted by Gasteiger charge is -2.27. The van der Waals surface area contributed by atoms with Crippen LogP contribution in [0.2, 0.25) is 5.02 Å². The Morgan fingerprint density at radius 1 is 0.909 bits per heavy atom. The summed E-state index contributed by atoms with van der Waals surface area (Å²) in [6.45, 7) is 9.71. The number of rotatable bonds is 3. The van der Waals surface area contributed by atoms with Gasteiger partial charge in [-0.05, 0) is 93.3 Å². The third-order valence-corrected chi connectivity index (χ3v) is 6.23. The van der Waals surface area contributed by atoms with Crippen LogP contribution < -0.4 is 10.2 Å². The van der Waals surface area contributed by atoms with E-state index >= 15 is 0 Å². The molecular weight excluding hydrogens is 438 g/mol. The molecule has 4 rings (SSSR count). The fourth-order valence-electron chi connectivity index (χ4n) is 4.28. The van der Waals surface area contributed by atoms with Gasteiger partial charge in [-0.3, -0.25) is 14.9 Å². The van der Waals surface area contributed by atoms with Gasteiger partial charge in [0.05, 0.1) is 5.69 Å². The first-order valence-corrected chi connectivity index (χ1v) is 10.9. The summed E-state index contributed by atoms with van der Waals surface area (Å²) in [5, 5.41) is 2.70. The molecule has 33 heavy (non-hydrogen) atoms. The van der Waals surface area contributed by atoms with Crippen LogP contribution >= 0.6 is 11.6 Å². The summed E-state index contributed by atoms with van der Waals surface area (Å²) in [6, 6.07) is 12.4. The molecule has 3 aromatic rings. The van der Waals surface area contributed by atoms with Gasteiger partial charge >= 0.3 is 6.03 Å². The number of hydrogen-bond donors (Lipinski definition) is 1. The van der Waals surface area contributed by atoms with Crippen molar-refractivity contribution in [2.45, 2.75) is 34.6 Å². The summed E-state index contributed by atoms with van der Waals surface area (Å²) in [7, 11) is 0. The minimum atomic E-state index is -0.798. The van der Waals surface area contributed by atoms with Crippen LogP contribution in [0.1, 0.15) is 33.6 Å². The van der Waals surface area contributed by atoms with E-state index in [2.05, 4.69) is 28.1 Å². The van der Waals surface area contributed by atoms with Gasteiger partial charge < -0.3 is 4.57 Å². The summed E-state index contributed by atoms with van der Waals surface area (Å²) < 4.78 is 2.08. The number of anilines is 1. The molecule has 1 aromatic heterocycles. The molecule has 0 unspecified atom stereocenters. The van der Waals surface area contributed by atoms with Gasteiger partial charge in [0, 0.05) is 22.1 Å². The Hall–Kier alpha value is -3.64. The zero-order valence-corrected chi connectivity index (χ0v) is 19.9. The van der Waals surface area contributed by atoms with E-state index in [-0.39, 0.29) is 5.57 Å². The Kier molecular flexibility index (Phi) is 5.72. The molecule has 168 valence electrons. The lowest BCUT2D eigenvalue weighted by Crippen LogP contribution is -2.54. The summed E-state index contributed by atoms with van der Waals surface area (Å²) >= 11 is 6.19. The number of hydrogen-bond acceptors (Lipinski definition) is 3. The maximum Gasteiger partial charge on any atom is 0.335 e. The van der Waals surface area contributed by atoms with Crippen LogP contribution in [0.4, 0.5) is 10.5 Å². The van der Waals surface area contributed by atoms with Gasteiger partial charge in [0.2, 0.25) is 0 Å². The fourth-order valence-corrected chi connectivity index (χ4v) is 4.45. The van der Waals surface area contributed by atoms with Crippen LogP contribution in [-0.4, -0.2) is 22.4 Å². The van der Waals surface area contributed by atoms with Crippen LogP contribution in [0.25, 0.3) is 11.8 Å². The highest BCUT2D eigenvalue weighted by molar-refractivity contribution is 6.40. The number of urea groups is 1. The lowest BCUT2D eigenvalue weighted by atomic mass is 10.1. The number of nitrogens with zero attached hydrogens (tertiary/aromatic N) is 2. The first-order valence-electron chi connectivity index (χ1n) is 10.5. The van der Waals surface area contributed by atoms with Crippen molar-refractivity contribution in [2.75, 3.05) is 4.90 Å². The Labute approximate surface area is 197 Å². The monoisotopic (exact) mass is 461 g/mol. The van der Waals surface area contributed by atoms with Gasteiger partial charge in [-0.1, -0.05) is 23.7 Å². The van der Waals surface area contributed by atoms with Gasteiger partial charge in [-0.25, -0.2) is 9.69 Å². The molecule has 0 saturated carbocycles. The number of benzene rings is 2. The molecule has 1 fully saturated rings. The minimum absolute atomic E-state index is 0.116. The maximum absolute atomic E-state index is 13.3. The van der Waals surface area contributed by atoms with E-state index in [1.165, 1.54) is 0 Å². The zero-order chi connectivity index (χ0) is 24.0. The topological polar surface area (TPSA) is 71.4 Å². The van der Waals surface area contributed by atoms with E-state index < -0.39 is 17.8 Å². The molecule has 4 amide bonds. The van der Waals surface area contributed by atoms with Crippen molar-refractivity contribution in [2.24, 2.45) is 0 Å². The van der Waals surface area contributed by atoms with Crippen LogP contribution in [-0.2, 0) is 9.59 Å². The largest absolute Gasteiger partial charge is 0.335 e. The molecule has 0 aliphatic carbocycles. The van der Waals surface area contributed by atoms with Crippen molar-refractivity contribution in [1.29, 1.82) is 0 Å². The van der Waals surface area contributed by atoms with Crippen LogP contribution in [0, 0.1) is 34.6 Å². The Morgan fingerprint density at radius 2 is 1.58 bits per heavy atom. The van der Waals surface area contributed by atoms with Crippen LogP contribution in [0.15, 0.2) is 48.0 Å². The summed E-state index contributed by atoms with van der Waals surface area (Å²) in [5.41, 5.74) is 6.67. The number of carbonyl (C=O) groups excluding carboxylic acids is 3. The number of barbiturate groups is 1. The molecule has 1 N–H and O–H groups in total. The summed E-state index contributed by atoms with van der Waals surface area (Å²) in [6.07, 6.45) is 1.54. The quantitative estimate of drug-likeness (QED) is 0.422. The van der Waals surface area contributed by atoms with Crippen molar-refractivity contribution in [3.8, 4) is 5.69 Å². The molecule has 0 bridgehead atoms. The highest BCUT2D eigenvalue weighted by atomic mass is 35.5. The standard InChI is InChI=1S/C26H24ClN3O3/c1-14-9-15(2)11-20(10-14)29-16(3)12-19(18(29)5)13-21-24(31)28-26(33)30(25(21)32)23-8-6-7-22(27)17(23)4/h6-13H,1-5H3,(H,28,31,33)/b21-13+. The van der Waals surface area contributed by atoms with Crippen LogP contribution in [0.5, 0.6) is 0 Å². The van der Waals surface area contributed by atoms with Gasteiger partial charge in [0.15, 0.2) is 0 Å². The summed E-state index contributed by atoms with van der Waals surface area (Å²) in [5.74, 6) is -1.41. The van der Waals surface area contributed by atoms with Crippen molar-refractivity contribution in [3.63, 3.8) is 0 Å². The lowest BCUT2D eigenvalue weighted by molar-refractivity contribution is -0.122. The number of halogens is 1. The molecule has 0 radical (unpaired) electrons. The molecule has 2 heterocycles. The normalized spacial score (nSPS) is 15.4. The average molecular weight is 462 g/mol. The number of amides is 4. The van der Waals surface area contributed by atoms with E-state index in [1.54, 1.807) is 31.2 Å². The second kappa shape index (κ2) is 8.37. The van der Waals surface area contributed by atoms with E-state index in [9.17, 15) is 14.4 Å². The number of imide groups is 2. The van der Waals surface area contributed by atoms with Crippen molar-refractivity contribution < 1.29 is 14.4 Å². The molecule has 6 nitrogen and oxygen atoms in total. The van der Waals surface area contributed by atoms with Gasteiger partial charge in [0.1, 0.15) is 5.57 Å². The van der Waals surface area contributed by atoms with Crippen molar-refractivity contribution in [3.05, 3.63) is 86.7 Å². The molecule has 7 heteroatoms. The number of aromatic nitrogens is 1. The zero-order valence-electron chi connectivity index (χ0n) is 19.1. The maximum atomic E-state index is 13.3. The first-order chi connectivity index (χ1) is 15.6. The molecule has 1 aliphatic heterocycles. The number of nitrogens with one attached hydrogen (secondary N) is 1. The fraction of sp³-hybridized carbons (Fsp3) is 0.192. The van der Waals surface area contributed by atoms with Gasteiger partial charge in [-0.2, -0.15) is 0 Å². The van der Waals surface area contributed by atoms with E-state index in [1.807, 2.05) is 33.8 Å². The first kappa shape index (κ1) is 22.6. The van der Waals surface area contributed by atoms with E-state index in [0.717, 1.165) is 38.7 Å². The molecule has 1 aliphatic rings. The van der Waals surface area contributed by atoms with Crippen molar-refractivity contribution in [1.82, 2.24) is 9.88 Å². The molecule has 0 atom stereocenters. The van der Waals surface area contributed by atoms with Crippen LogP contribution in [0.3, 0.4) is 0 Å². The second-order valence-corrected chi connectivity index (χ2v) is 8.76. The molecule has 2 aromatic carbocycles. The minimum Gasteiger partial charge on any atom is -0.318 e. The Bertz CT molecular complexity index is 1350.